The van der Waals surface area contributed by atoms with Crippen molar-refractivity contribution in [2.24, 2.45) is 5.41 Å². The van der Waals surface area contributed by atoms with Gasteiger partial charge in [0.1, 0.15) is 5.78 Å². The van der Waals surface area contributed by atoms with E-state index in [9.17, 15) is 18.0 Å². The number of benzene rings is 1. The molecular weight excluding hydrogens is 460 g/mol. The first kappa shape index (κ1) is 29.4. The van der Waals surface area contributed by atoms with Gasteiger partial charge in [0.25, 0.3) is 0 Å². The van der Waals surface area contributed by atoms with Crippen LogP contribution >= 0.6 is 11.6 Å². The topological polar surface area (TPSA) is 92.3 Å². The highest BCUT2D eigenvalue weighted by Crippen LogP contribution is 2.27. The van der Waals surface area contributed by atoms with Gasteiger partial charge in [-0.2, -0.15) is 0 Å². The molecule has 0 aliphatic rings. The minimum Gasteiger partial charge on any atom is -0.324 e. The molecule has 1 rings (SSSR count). The molecule has 0 atom stereocenters. The number of hydrogen-bond acceptors (Lipinski definition) is 4. The number of amides is 1. The van der Waals surface area contributed by atoms with E-state index in [1.807, 2.05) is 0 Å². The Morgan fingerprint density at radius 1 is 0.909 bits per heavy atom. The molecule has 0 unspecified atom stereocenters. The number of unbranched alkanes of at least 4 members (excludes halogenated alkanes) is 9. The van der Waals surface area contributed by atoms with Gasteiger partial charge in [0.05, 0.1) is 28.6 Å². The maximum atomic E-state index is 12.4. The fraction of sp³-hybridized carbons (Fsp3) is 0.680. The van der Waals surface area contributed by atoms with Crippen LogP contribution in [0.3, 0.4) is 0 Å². The van der Waals surface area contributed by atoms with Crippen molar-refractivity contribution in [3.05, 3.63) is 23.2 Å². The molecule has 8 heteroatoms. The lowest BCUT2D eigenvalue weighted by atomic mass is 9.89. The van der Waals surface area contributed by atoms with Gasteiger partial charge in [-0.3, -0.25) is 14.3 Å². The van der Waals surface area contributed by atoms with Gasteiger partial charge in [-0.15, -0.1) is 0 Å². The highest BCUT2D eigenvalue weighted by molar-refractivity contribution is 7.92. The van der Waals surface area contributed by atoms with Gasteiger partial charge in [0, 0.05) is 5.41 Å². The Labute approximate surface area is 205 Å². The van der Waals surface area contributed by atoms with Crippen LogP contribution in [0.4, 0.5) is 11.4 Å². The third-order valence-corrected chi connectivity index (χ3v) is 7.14. The maximum Gasteiger partial charge on any atom is 0.232 e. The van der Waals surface area contributed by atoms with Crippen molar-refractivity contribution in [3.63, 3.8) is 0 Å². The van der Waals surface area contributed by atoms with Crippen molar-refractivity contribution >= 4 is 44.7 Å². The van der Waals surface area contributed by atoms with Crippen LogP contribution in [0.1, 0.15) is 98.3 Å². The molecule has 1 aromatic rings. The second-order valence-corrected chi connectivity index (χ2v) is 11.9. The average Bonchev–Trinajstić information content (AvgIpc) is 2.71. The minimum absolute atomic E-state index is 0.0495. The lowest BCUT2D eigenvalue weighted by Gasteiger charge is -2.16. The van der Waals surface area contributed by atoms with Crippen LogP contribution in [0.2, 0.25) is 5.02 Å². The van der Waals surface area contributed by atoms with Crippen LogP contribution in [0.5, 0.6) is 0 Å². The Morgan fingerprint density at radius 2 is 1.45 bits per heavy atom. The highest BCUT2D eigenvalue weighted by Gasteiger charge is 2.24. The highest BCUT2D eigenvalue weighted by atomic mass is 35.5. The molecule has 0 spiro atoms. The Hall–Kier alpha value is -1.60. The van der Waals surface area contributed by atoms with Crippen molar-refractivity contribution in [1.82, 2.24) is 0 Å². The zero-order valence-corrected chi connectivity index (χ0v) is 22.2. The molecule has 0 saturated carbocycles. The number of sulfonamides is 1. The predicted octanol–water partition coefficient (Wildman–Crippen LogP) is 6.95. The second kappa shape index (κ2) is 14.6. The number of Topliss-reactive ketones (excluding diaryl/α,β-unsaturated/α-hetero) is 1. The summed E-state index contributed by atoms with van der Waals surface area (Å²) in [5.74, 6) is -0.625. The Kier molecular flexibility index (Phi) is 13.0. The fourth-order valence-corrected chi connectivity index (χ4v) is 4.64. The smallest absolute Gasteiger partial charge is 0.232 e. The fourth-order valence-electron chi connectivity index (χ4n) is 3.30. The molecule has 0 aliphatic heterocycles. The average molecular weight is 501 g/mol. The molecule has 1 aromatic carbocycles. The van der Waals surface area contributed by atoms with E-state index in [-0.39, 0.29) is 28.7 Å². The minimum atomic E-state index is -3.50. The van der Waals surface area contributed by atoms with Crippen LogP contribution in [0, 0.1) is 5.41 Å². The summed E-state index contributed by atoms with van der Waals surface area (Å²) in [5, 5.41) is 2.87. The van der Waals surface area contributed by atoms with E-state index in [2.05, 4.69) is 17.0 Å². The van der Waals surface area contributed by atoms with Gasteiger partial charge in [0.15, 0.2) is 0 Å². The van der Waals surface area contributed by atoms with Crippen molar-refractivity contribution in [1.29, 1.82) is 0 Å². The summed E-state index contributed by atoms with van der Waals surface area (Å²) in [6.45, 7) is 7.46. The summed E-state index contributed by atoms with van der Waals surface area (Å²) in [6.07, 6.45) is 11.1. The van der Waals surface area contributed by atoms with Crippen molar-refractivity contribution in [2.75, 3.05) is 15.8 Å². The van der Waals surface area contributed by atoms with E-state index in [1.165, 1.54) is 50.7 Å². The van der Waals surface area contributed by atoms with E-state index < -0.39 is 21.3 Å². The number of carbonyl (C=O) groups is 2. The molecule has 0 aliphatic carbocycles. The van der Waals surface area contributed by atoms with Crippen molar-refractivity contribution < 1.29 is 18.0 Å². The van der Waals surface area contributed by atoms with E-state index in [4.69, 9.17) is 11.6 Å². The monoisotopic (exact) mass is 500 g/mol. The van der Waals surface area contributed by atoms with Crippen LogP contribution in [0.25, 0.3) is 0 Å². The third kappa shape index (κ3) is 13.0. The molecule has 0 bridgehead atoms. The zero-order chi connectivity index (χ0) is 24.9. The van der Waals surface area contributed by atoms with Gasteiger partial charge in [-0.25, -0.2) is 8.42 Å². The number of rotatable bonds is 16. The number of nitrogens with one attached hydrogen (secondary N) is 2. The summed E-state index contributed by atoms with van der Waals surface area (Å²) in [4.78, 5) is 24.3. The molecule has 0 heterocycles. The van der Waals surface area contributed by atoms with Crippen molar-refractivity contribution in [2.45, 2.75) is 98.3 Å². The number of carbonyl (C=O) groups excluding carboxylic acids is 2. The zero-order valence-electron chi connectivity index (χ0n) is 20.6. The third-order valence-electron chi connectivity index (χ3n) is 5.44. The van der Waals surface area contributed by atoms with E-state index in [1.54, 1.807) is 26.8 Å². The Morgan fingerprint density at radius 3 is 2.00 bits per heavy atom. The van der Waals surface area contributed by atoms with E-state index in [0.29, 0.717) is 12.1 Å². The first-order chi connectivity index (χ1) is 15.4. The molecule has 0 fully saturated rings. The summed E-state index contributed by atoms with van der Waals surface area (Å²) < 4.78 is 27.4. The first-order valence-electron chi connectivity index (χ1n) is 12.1. The van der Waals surface area contributed by atoms with Crippen molar-refractivity contribution in [3.8, 4) is 0 Å². The number of ketones is 1. The lowest BCUT2D eigenvalue weighted by Crippen LogP contribution is -2.26. The summed E-state index contributed by atoms with van der Waals surface area (Å²) in [5.41, 5.74) is -0.0285. The number of hydrogen-bond donors (Lipinski definition) is 2. The largest absolute Gasteiger partial charge is 0.324 e. The van der Waals surface area contributed by atoms with Gasteiger partial charge in [0.2, 0.25) is 15.9 Å². The van der Waals surface area contributed by atoms with Gasteiger partial charge >= 0.3 is 0 Å². The molecule has 1 amide bonds. The Bertz CT molecular complexity index is 864. The molecule has 33 heavy (non-hydrogen) atoms. The lowest BCUT2D eigenvalue weighted by molar-refractivity contribution is -0.130. The molecule has 0 saturated heterocycles. The van der Waals surface area contributed by atoms with Crippen LogP contribution < -0.4 is 10.0 Å². The van der Waals surface area contributed by atoms with E-state index >= 15 is 0 Å². The quantitative estimate of drug-likeness (QED) is 0.190. The molecule has 0 aromatic heterocycles. The molecule has 188 valence electrons. The summed E-state index contributed by atoms with van der Waals surface area (Å²) in [7, 11) is -3.50. The molecule has 0 radical (unpaired) electrons. The maximum absolute atomic E-state index is 12.4. The summed E-state index contributed by atoms with van der Waals surface area (Å²) in [6, 6.07) is 4.54. The van der Waals surface area contributed by atoms with Gasteiger partial charge < -0.3 is 5.32 Å². The second-order valence-electron chi connectivity index (χ2n) is 9.70. The Balaban J connectivity index is 2.46. The normalized spacial score (nSPS) is 11.9. The number of halogens is 1. The predicted molar refractivity (Wildman–Crippen MR) is 138 cm³/mol. The SMILES string of the molecule is CCCCCCCCCCCCS(=O)(=O)Nc1ccc(Cl)c(NC(=O)CC(=O)C(C)(C)C)c1. The van der Waals surface area contributed by atoms with Crippen LogP contribution in [-0.2, 0) is 19.6 Å². The van der Waals surface area contributed by atoms with E-state index in [0.717, 1.165) is 19.3 Å². The number of anilines is 2. The molecular formula is C25H41ClN2O4S. The van der Waals surface area contributed by atoms with Crippen LogP contribution in [0.15, 0.2) is 18.2 Å². The molecule has 2 N–H and O–H groups in total. The standard InChI is InChI=1S/C25H41ClN2O4S/c1-5-6-7-8-9-10-11-12-13-14-17-33(31,32)28-20-15-16-21(26)22(18-20)27-24(30)19-23(29)25(2,3)4/h15-16,18,28H,5-14,17,19H2,1-4H3,(H,27,30). The summed E-state index contributed by atoms with van der Waals surface area (Å²) >= 11 is 6.14. The van der Waals surface area contributed by atoms with Gasteiger partial charge in [-0.1, -0.05) is 97.1 Å². The van der Waals surface area contributed by atoms with Crippen LogP contribution in [-0.4, -0.2) is 25.9 Å². The first-order valence-corrected chi connectivity index (χ1v) is 14.1. The molecule has 6 nitrogen and oxygen atoms in total. The van der Waals surface area contributed by atoms with Gasteiger partial charge in [-0.05, 0) is 24.6 Å².